The van der Waals surface area contributed by atoms with Gasteiger partial charge in [0.15, 0.2) is 6.10 Å². The van der Waals surface area contributed by atoms with E-state index in [9.17, 15) is 13.2 Å². The predicted octanol–water partition coefficient (Wildman–Crippen LogP) is 3.31. The van der Waals surface area contributed by atoms with E-state index in [-0.39, 0.29) is 12.6 Å². The highest BCUT2D eigenvalue weighted by Gasteiger charge is 2.37. The average molecular weight is 291 g/mol. The molecule has 0 aromatic heterocycles. The normalized spacial score (nSPS) is 14.9. The summed E-state index contributed by atoms with van der Waals surface area (Å²) in [6.07, 6.45) is -6.11. The molecule has 114 valence electrons. The summed E-state index contributed by atoms with van der Waals surface area (Å²) in [6, 6.07) is 6.91. The van der Waals surface area contributed by atoms with Crippen LogP contribution < -0.4 is 10.1 Å². The molecule has 6 heteroatoms. The molecule has 20 heavy (non-hydrogen) atoms. The first-order valence-corrected chi connectivity index (χ1v) is 6.46. The second-order valence-corrected chi connectivity index (χ2v) is 4.36. The number of halogens is 3. The highest BCUT2D eigenvalue weighted by Crippen LogP contribution is 2.24. The molecule has 0 aliphatic heterocycles. The predicted molar refractivity (Wildman–Crippen MR) is 70.9 cm³/mol. The summed E-state index contributed by atoms with van der Waals surface area (Å²) in [5.41, 5.74) is 0.852. The maximum absolute atomic E-state index is 12.4. The van der Waals surface area contributed by atoms with Gasteiger partial charge in [-0.2, -0.15) is 13.2 Å². The largest absolute Gasteiger partial charge is 0.494 e. The Kier molecular flexibility index (Phi) is 6.29. The standard InChI is InChI=1S/C14H20F3NO2/c1-4-19-12-7-5-11(6-8-12)13(18-3)9-20-10(2)14(15,16)17/h5-8,10,13,18H,4,9H2,1-3H3. The first-order valence-electron chi connectivity index (χ1n) is 6.46. The van der Waals surface area contributed by atoms with Crippen LogP contribution in [-0.4, -0.2) is 32.5 Å². The van der Waals surface area contributed by atoms with Gasteiger partial charge in [0.05, 0.1) is 19.3 Å². The van der Waals surface area contributed by atoms with Crippen LogP contribution in [0.1, 0.15) is 25.5 Å². The number of hydrogen-bond acceptors (Lipinski definition) is 3. The smallest absolute Gasteiger partial charge is 0.414 e. The van der Waals surface area contributed by atoms with Crippen molar-refractivity contribution in [2.45, 2.75) is 32.2 Å². The van der Waals surface area contributed by atoms with Gasteiger partial charge in [0.25, 0.3) is 0 Å². The van der Waals surface area contributed by atoms with E-state index >= 15 is 0 Å². The second-order valence-electron chi connectivity index (χ2n) is 4.36. The minimum atomic E-state index is -4.34. The van der Waals surface area contributed by atoms with Gasteiger partial charge in [-0.05, 0) is 38.6 Å². The van der Waals surface area contributed by atoms with Crippen molar-refractivity contribution in [2.75, 3.05) is 20.3 Å². The molecular formula is C14H20F3NO2. The Balaban J connectivity index is 2.62. The van der Waals surface area contributed by atoms with Gasteiger partial charge in [0.2, 0.25) is 0 Å². The quantitative estimate of drug-likeness (QED) is 0.836. The summed E-state index contributed by atoms with van der Waals surface area (Å²) in [5, 5.41) is 2.94. The van der Waals surface area contributed by atoms with Crippen LogP contribution in [0.3, 0.4) is 0 Å². The molecule has 1 N–H and O–H groups in total. The molecule has 1 rings (SSSR count). The molecule has 1 aromatic carbocycles. The zero-order valence-electron chi connectivity index (χ0n) is 11.8. The molecule has 0 radical (unpaired) electrons. The third-order valence-electron chi connectivity index (χ3n) is 2.92. The Morgan fingerprint density at radius 1 is 1.20 bits per heavy atom. The molecule has 0 saturated heterocycles. The zero-order chi connectivity index (χ0) is 15.2. The van der Waals surface area contributed by atoms with Crippen molar-refractivity contribution in [3.8, 4) is 5.75 Å². The summed E-state index contributed by atoms with van der Waals surface area (Å²) < 4.78 is 47.3. The topological polar surface area (TPSA) is 30.5 Å². The lowest BCUT2D eigenvalue weighted by Gasteiger charge is -2.21. The molecule has 0 heterocycles. The minimum absolute atomic E-state index is 0.0504. The fraction of sp³-hybridized carbons (Fsp3) is 0.571. The van der Waals surface area contributed by atoms with Crippen LogP contribution in [0, 0.1) is 0 Å². The molecule has 2 atom stereocenters. The number of alkyl halides is 3. The molecule has 0 fully saturated rings. The van der Waals surface area contributed by atoms with Crippen LogP contribution in [0.25, 0.3) is 0 Å². The maximum Gasteiger partial charge on any atom is 0.414 e. The number of rotatable bonds is 7. The van der Waals surface area contributed by atoms with E-state index in [4.69, 9.17) is 9.47 Å². The highest BCUT2D eigenvalue weighted by atomic mass is 19.4. The zero-order valence-corrected chi connectivity index (χ0v) is 11.8. The van der Waals surface area contributed by atoms with Crippen molar-refractivity contribution in [3.05, 3.63) is 29.8 Å². The van der Waals surface area contributed by atoms with E-state index in [1.165, 1.54) is 0 Å². The lowest BCUT2D eigenvalue weighted by atomic mass is 10.1. The molecule has 3 nitrogen and oxygen atoms in total. The first kappa shape index (κ1) is 16.8. The Bertz CT molecular complexity index is 392. The Hall–Kier alpha value is -1.27. The van der Waals surface area contributed by atoms with E-state index in [0.29, 0.717) is 6.61 Å². The summed E-state index contributed by atoms with van der Waals surface area (Å²) in [7, 11) is 1.68. The molecule has 0 saturated carbocycles. The Labute approximate surface area is 117 Å². The van der Waals surface area contributed by atoms with Gasteiger partial charge in [-0.25, -0.2) is 0 Å². The molecule has 0 bridgehead atoms. The fourth-order valence-corrected chi connectivity index (χ4v) is 1.64. The van der Waals surface area contributed by atoms with Gasteiger partial charge in [0.1, 0.15) is 5.75 Å². The van der Waals surface area contributed by atoms with Crippen LogP contribution >= 0.6 is 0 Å². The van der Waals surface area contributed by atoms with Crippen molar-refractivity contribution in [1.29, 1.82) is 0 Å². The van der Waals surface area contributed by atoms with E-state index in [1.807, 2.05) is 19.1 Å². The molecule has 0 amide bonds. The van der Waals surface area contributed by atoms with Crippen molar-refractivity contribution >= 4 is 0 Å². The van der Waals surface area contributed by atoms with Crippen molar-refractivity contribution < 1.29 is 22.6 Å². The van der Waals surface area contributed by atoms with E-state index in [2.05, 4.69) is 5.32 Å². The summed E-state index contributed by atoms with van der Waals surface area (Å²) >= 11 is 0. The number of ether oxygens (including phenoxy) is 2. The number of benzene rings is 1. The Morgan fingerprint density at radius 3 is 2.25 bits per heavy atom. The molecule has 0 aliphatic carbocycles. The van der Waals surface area contributed by atoms with E-state index < -0.39 is 12.3 Å². The second kappa shape index (κ2) is 7.50. The van der Waals surface area contributed by atoms with Gasteiger partial charge < -0.3 is 14.8 Å². The lowest BCUT2D eigenvalue weighted by Crippen LogP contribution is -2.32. The molecule has 0 aliphatic rings. The summed E-state index contributed by atoms with van der Waals surface area (Å²) in [4.78, 5) is 0. The van der Waals surface area contributed by atoms with Gasteiger partial charge in [0, 0.05) is 0 Å². The van der Waals surface area contributed by atoms with Crippen LogP contribution in [0.2, 0.25) is 0 Å². The van der Waals surface area contributed by atoms with E-state index in [0.717, 1.165) is 18.2 Å². The fourth-order valence-electron chi connectivity index (χ4n) is 1.64. The average Bonchev–Trinajstić information content (AvgIpc) is 2.40. The molecule has 0 spiro atoms. The lowest BCUT2D eigenvalue weighted by molar-refractivity contribution is -0.215. The van der Waals surface area contributed by atoms with E-state index in [1.54, 1.807) is 19.2 Å². The molecule has 1 aromatic rings. The van der Waals surface area contributed by atoms with Crippen LogP contribution in [0.15, 0.2) is 24.3 Å². The van der Waals surface area contributed by atoms with Crippen molar-refractivity contribution in [3.63, 3.8) is 0 Å². The van der Waals surface area contributed by atoms with Gasteiger partial charge >= 0.3 is 6.18 Å². The third kappa shape index (κ3) is 5.02. The van der Waals surface area contributed by atoms with Crippen LogP contribution in [0.5, 0.6) is 5.75 Å². The highest BCUT2D eigenvalue weighted by molar-refractivity contribution is 5.29. The van der Waals surface area contributed by atoms with Gasteiger partial charge in [-0.15, -0.1) is 0 Å². The van der Waals surface area contributed by atoms with Gasteiger partial charge in [-0.3, -0.25) is 0 Å². The summed E-state index contributed by atoms with van der Waals surface area (Å²) in [6.45, 7) is 3.41. The number of nitrogens with one attached hydrogen (secondary N) is 1. The third-order valence-corrected chi connectivity index (χ3v) is 2.92. The maximum atomic E-state index is 12.4. The number of likely N-dealkylation sites (N-methyl/N-ethyl adjacent to an activating group) is 1. The first-order chi connectivity index (χ1) is 9.38. The number of hydrogen-bond donors (Lipinski definition) is 1. The Morgan fingerprint density at radius 2 is 1.80 bits per heavy atom. The SMILES string of the molecule is CCOc1ccc(C(COC(C)C(F)(F)F)NC)cc1. The molecular weight excluding hydrogens is 271 g/mol. The van der Waals surface area contributed by atoms with Crippen LogP contribution in [0.4, 0.5) is 13.2 Å². The monoisotopic (exact) mass is 291 g/mol. The van der Waals surface area contributed by atoms with Crippen molar-refractivity contribution in [2.24, 2.45) is 0 Å². The minimum Gasteiger partial charge on any atom is -0.494 e. The van der Waals surface area contributed by atoms with Crippen molar-refractivity contribution in [1.82, 2.24) is 5.32 Å². The molecule has 2 unspecified atom stereocenters. The van der Waals surface area contributed by atoms with Crippen LogP contribution in [-0.2, 0) is 4.74 Å². The van der Waals surface area contributed by atoms with Gasteiger partial charge in [-0.1, -0.05) is 12.1 Å². The summed E-state index contributed by atoms with van der Waals surface area (Å²) in [5.74, 6) is 0.732.